The van der Waals surface area contributed by atoms with E-state index in [1.807, 2.05) is 42.6 Å². The van der Waals surface area contributed by atoms with Crippen molar-refractivity contribution in [3.63, 3.8) is 0 Å². The first-order chi connectivity index (χ1) is 7.20. The summed E-state index contributed by atoms with van der Waals surface area (Å²) < 4.78 is 0. The van der Waals surface area contributed by atoms with Gasteiger partial charge < -0.3 is 5.11 Å². The molecule has 0 bridgehead atoms. The van der Waals surface area contributed by atoms with Gasteiger partial charge in [-0.2, -0.15) is 0 Å². The van der Waals surface area contributed by atoms with Crippen LogP contribution in [-0.4, -0.2) is 5.11 Å². The Kier molecular flexibility index (Phi) is 3.10. The van der Waals surface area contributed by atoms with E-state index in [0.29, 0.717) is 5.02 Å². The van der Waals surface area contributed by atoms with Gasteiger partial charge in [0.15, 0.2) is 0 Å². The lowest BCUT2D eigenvalue weighted by Gasteiger charge is -2.11. The second-order valence-corrected chi connectivity index (χ2v) is 4.86. The molecule has 0 aliphatic rings. The van der Waals surface area contributed by atoms with Crippen LogP contribution >= 0.6 is 22.9 Å². The van der Waals surface area contributed by atoms with Crippen molar-refractivity contribution >= 4 is 22.9 Å². The average molecular weight is 239 g/mol. The van der Waals surface area contributed by atoms with Crippen LogP contribution in [-0.2, 0) is 0 Å². The summed E-state index contributed by atoms with van der Waals surface area (Å²) >= 11 is 7.60. The maximum absolute atomic E-state index is 10.2. The third-order valence-corrected chi connectivity index (χ3v) is 3.73. The maximum Gasteiger partial charge on any atom is 0.107 e. The van der Waals surface area contributed by atoms with E-state index in [1.54, 1.807) is 11.3 Å². The normalized spacial score (nSPS) is 12.7. The van der Waals surface area contributed by atoms with Crippen LogP contribution in [0, 0.1) is 6.92 Å². The van der Waals surface area contributed by atoms with Crippen LogP contribution in [0.3, 0.4) is 0 Å². The van der Waals surface area contributed by atoms with Crippen molar-refractivity contribution in [2.75, 3.05) is 0 Å². The first-order valence-corrected chi connectivity index (χ1v) is 5.92. The Morgan fingerprint density at radius 2 is 1.93 bits per heavy atom. The van der Waals surface area contributed by atoms with Crippen molar-refractivity contribution in [2.24, 2.45) is 0 Å². The molecule has 78 valence electrons. The van der Waals surface area contributed by atoms with Crippen molar-refractivity contribution in [1.29, 1.82) is 0 Å². The fourth-order valence-corrected chi connectivity index (χ4v) is 2.75. The zero-order valence-corrected chi connectivity index (χ0v) is 9.85. The summed E-state index contributed by atoms with van der Waals surface area (Å²) in [5.41, 5.74) is 1.70. The van der Waals surface area contributed by atoms with Gasteiger partial charge in [-0.3, -0.25) is 0 Å². The molecular weight excluding hydrogens is 228 g/mol. The Morgan fingerprint density at radius 3 is 2.47 bits per heavy atom. The SMILES string of the molecule is Cc1scc(Cl)c1C(O)c1ccccc1. The molecule has 1 aromatic heterocycles. The predicted molar refractivity (Wildman–Crippen MR) is 64.6 cm³/mol. The number of benzene rings is 1. The third kappa shape index (κ3) is 2.07. The number of hydrogen-bond donors (Lipinski definition) is 1. The van der Waals surface area contributed by atoms with Gasteiger partial charge in [0, 0.05) is 15.8 Å². The van der Waals surface area contributed by atoms with E-state index in [1.165, 1.54) is 0 Å². The molecule has 1 nitrogen and oxygen atoms in total. The Labute approximate surface area is 98.0 Å². The Bertz CT molecular complexity index is 430. The van der Waals surface area contributed by atoms with Crippen molar-refractivity contribution in [2.45, 2.75) is 13.0 Å². The van der Waals surface area contributed by atoms with Crippen LogP contribution in [0.2, 0.25) is 5.02 Å². The lowest BCUT2D eigenvalue weighted by molar-refractivity contribution is 0.220. The molecule has 0 aliphatic heterocycles. The molecule has 0 amide bonds. The topological polar surface area (TPSA) is 20.2 Å². The van der Waals surface area contributed by atoms with Gasteiger partial charge in [0.25, 0.3) is 0 Å². The summed E-state index contributed by atoms with van der Waals surface area (Å²) in [6, 6.07) is 9.55. The Hall–Kier alpha value is -0.830. The molecule has 1 atom stereocenters. The van der Waals surface area contributed by atoms with Crippen LogP contribution in [0.1, 0.15) is 22.1 Å². The second-order valence-electron chi connectivity index (χ2n) is 3.37. The highest BCUT2D eigenvalue weighted by Gasteiger charge is 2.17. The smallest absolute Gasteiger partial charge is 0.107 e. The Balaban J connectivity index is 2.41. The van der Waals surface area contributed by atoms with Crippen molar-refractivity contribution in [1.82, 2.24) is 0 Å². The molecule has 0 saturated carbocycles. The zero-order valence-electron chi connectivity index (χ0n) is 8.27. The molecular formula is C12H11ClOS. The highest BCUT2D eigenvalue weighted by Crippen LogP contribution is 2.34. The van der Waals surface area contributed by atoms with Crippen molar-refractivity contribution in [3.05, 3.63) is 56.7 Å². The minimum atomic E-state index is -0.620. The molecule has 0 aliphatic carbocycles. The molecule has 1 unspecified atom stereocenters. The van der Waals surface area contributed by atoms with Gasteiger partial charge >= 0.3 is 0 Å². The van der Waals surface area contributed by atoms with Gasteiger partial charge in [-0.1, -0.05) is 41.9 Å². The summed E-state index contributed by atoms with van der Waals surface area (Å²) in [6.45, 7) is 1.97. The van der Waals surface area contributed by atoms with E-state index < -0.39 is 6.10 Å². The molecule has 2 rings (SSSR count). The number of rotatable bonds is 2. The number of aliphatic hydroxyl groups is 1. The second kappa shape index (κ2) is 4.35. The molecule has 1 N–H and O–H groups in total. The van der Waals surface area contributed by atoms with Gasteiger partial charge in [0.2, 0.25) is 0 Å². The summed E-state index contributed by atoms with van der Waals surface area (Å²) in [5.74, 6) is 0. The standard InChI is InChI=1S/C12H11ClOS/c1-8-11(10(13)7-15-8)12(14)9-5-3-2-4-6-9/h2-7,12,14H,1H3. The number of halogens is 1. The lowest BCUT2D eigenvalue weighted by atomic mass is 10.0. The predicted octanol–water partition coefficient (Wildman–Crippen LogP) is 3.79. The summed E-state index contributed by atoms with van der Waals surface area (Å²) in [4.78, 5) is 1.07. The van der Waals surface area contributed by atoms with Crippen LogP contribution in [0.4, 0.5) is 0 Å². The number of aryl methyl sites for hydroxylation is 1. The van der Waals surface area contributed by atoms with Gasteiger partial charge in [-0.25, -0.2) is 0 Å². The van der Waals surface area contributed by atoms with Gasteiger partial charge in [0.05, 0.1) is 5.02 Å². The first kappa shape index (κ1) is 10.7. The number of hydrogen-bond acceptors (Lipinski definition) is 2. The molecule has 0 radical (unpaired) electrons. The molecule has 0 saturated heterocycles. The monoisotopic (exact) mass is 238 g/mol. The summed E-state index contributed by atoms with van der Waals surface area (Å²) in [5, 5.41) is 12.7. The van der Waals surface area contributed by atoms with Crippen LogP contribution < -0.4 is 0 Å². The van der Waals surface area contributed by atoms with E-state index in [2.05, 4.69) is 0 Å². The number of aliphatic hydroxyl groups excluding tert-OH is 1. The van der Waals surface area contributed by atoms with E-state index in [4.69, 9.17) is 11.6 Å². The highest BCUT2D eigenvalue weighted by molar-refractivity contribution is 7.10. The molecule has 2 aromatic rings. The summed E-state index contributed by atoms with van der Waals surface area (Å²) in [6.07, 6.45) is -0.620. The van der Waals surface area contributed by atoms with Crippen molar-refractivity contribution in [3.8, 4) is 0 Å². The van der Waals surface area contributed by atoms with Crippen LogP contribution in [0.15, 0.2) is 35.7 Å². The van der Waals surface area contributed by atoms with E-state index in [0.717, 1.165) is 16.0 Å². The van der Waals surface area contributed by atoms with Crippen molar-refractivity contribution < 1.29 is 5.11 Å². The maximum atomic E-state index is 10.2. The summed E-state index contributed by atoms with van der Waals surface area (Å²) in [7, 11) is 0. The molecule has 1 aromatic carbocycles. The minimum absolute atomic E-state index is 0.620. The largest absolute Gasteiger partial charge is 0.384 e. The van der Waals surface area contributed by atoms with E-state index >= 15 is 0 Å². The molecule has 1 heterocycles. The fourth-order valence-electron chi connectivity index (χ4n) is 1.56. The van der Waals surface area contributed by atoms with Crippen LogP contribution in [0.5, 0.6) is 0 Å². The molecule has 3 heteroatoms. The quantitative estimate of drug-likeness (QED) is 0.844. The molecule has 15 heavy (non-hydrogen) atoms. The van der Waals surface area contributed by atoms with E-state index in [9.17, 15) is 5.11 Å². The van der Waals surface area contributed by atoms with Gasteiger partial charge in [-0.15, -0.1) is 11.3 Å². The average Bonchev–Trinajstić information content (AvgIpc) is 2.59. The van der Waals surface area contributed by atoms with Gasteiger partial charge in [-0.05, 0) is 12.5 Å². The first-order valence-electron chi connectivity index (χ1n) is 4.66. The molecule has 0 spiro atoms. The lowest BCUT2D eigenvalue weighted by Crippen LogP contribution is -1.99. The van der Waals surface area contributed by atoms with Crippen LogP contribution in [0.25, 0.3) is 0 Å². The number of thiophene rings is 1. The third-order valence-electron chi connectivity index (χ3n) is 2.36. The van der Waals surface area contributed by atoms with E-state index in [-0.39, 0.29) is 0 Å². The molecule has 0 fully saturated rings. The Morgan fingerprint density at radius 1 is 1.27 bits per heavy atom. The highest BCUT2D eigenvalue weighted by atomic mass is 35.5. The minimum Gasteiger partial charge on any atom is -0.384 e. The fraction of sp³-hybridized carbons (Fsp3) is 0.167. The zero-order chi connectivity index (χ0) is 10.8. The van der Waals surface area contributed by atoms with Gasteiger partial charge in [0.1, 0.15) is 6.10 Å².